The molecule has 1 aromatic heterocycles. The maximum Gasteiger partial charge on any atom is 0.433 e. The molecule has 172 valence electrons. The Hall–Kier alpha value is -3.63. The van der Waals surface area contributed by atoms with Gasteiger partial charge in [0.15, 0.2) is 18.1 Å². The molecule has 34 heavy (non-hydrogen) atoms. The van der Waals surface area contributed by atoms with Gasteiger partial charge in [-0.15, -0.1) is 0 Å². The van der Waals surface area contributed by atoms with Crippen molar-refractivity contribution < 1.29 is 9.34 Å². The number of nitrogens with zero attached hydrogens (tertiary/aromatic N) is 5. The number of allylic oxidation sites excluding steroid dienone is 1. The number of rotatable bonds is 5. The van der Waals surface area contributed by atoms with Crippen LogP contribution in [0.15, 0.2) is 86.4 Å². The number of aliphatic imine (C=N–C) groups is 1. The Morgan fingerprint density at radius 1 is 1.15 bits per heavy atom. The third-order valence-electron chi connectivity index (χ3n) is 5.66. The summed E-state index contributed by atoms with van der Waals surface area (Å²) in [6, 6.07) is 18.6. The lowest BCUT2D eigenvalue weighted by Crippen LogP contribution is -2.40. The van der Waals surface area contributed by atoms with Crippen LogP contribution in [0.3, 0.4) is 0 Å². The summed E-state index contributed by atoms with van der Waals surface area (Å²) >= 11 is 3.75. The van der Waals surface area contributed by atoms with Gasteiger partial charge in [0.25, 0.3) is 0 Å². The quantitative estimate of drug-likeness (QED) is 0.202. The van der Waals surface area contributed by atoms with Crippen molar-refractivity contribution in [2.24, 2.45) is 15.2 Å². The van der Waals surface area contributed by atoms with Crippen molar-refractivity contribution in [2.45, 2.75) is 31.0 Å². The molecule has 3 aromatic rings. The lowest BCUT2D eigenvalue weighted by atomic mass is 10.00. The van der Waals surface area contributed by atoms with Gasteiger partial charge in [-0.05, 0) is 43.7 Å². The van der Waals surface area contributed by atoms with Gasteiger partial charge < -0.3 is 4.42 Å². The first-order chi connectivity index (χ1) is 16.4. The minimum absolute atomic E-state index is 0.214. The standard InChI is InChI=1S/C24H21BrN6O3/c1-14-8-9-17(15(2)12-14)19-13-18(20-10-11-21(34-20)31(32)33)26-24-22(25)23(29-30(19)24)28-27-16-6-4-3-5-7-16/h3-13,22-24,29H,1-2H3. The highest BCUT2D eigenvalue weighted by Gasteiger charge is 2.44. The van der Waals surface area contributed by atoms with Crippen LogP contribution in [0, 0.1) is 24.0 Å². The molecule has 1 fully saturated rings. The van der Waals surface area contributed by atoms with Crippen LogP contribution in [-0.2, 0) is 0 Å². The minimum atomic E-state index is -0.557. The Kier molecular flexibility index (Phi) is 5.84. The Balaban J connectivity index is 1.55. The number of hydrogen-bond acceptors (Lipinski definition) is 8. The molecule has 9 nitrogen and oxygen atoms in total. The van der Waals surface area contributed by atoms with E-state index in [0.29, 0.717) is 11.5 Å². The highest BCUT2D eigenvalue weighted by atomic mass is 79.9. The fourth-order valence-electron chi connectivity index (χ4n) is 4.04. The second-order valence-electron chi connectivity index (χ2n) is 8.11. The summed E-state index contributed by atoms with van der Waals surface area (Å²) in [5, 5.41) is 22.0. The van der Waals surface area contributed by atoms with Crippen molar-refractivity contribution in [3.8, 4) is 0 Å². The monoisotopic (exact) mass is 520 g/mol. The van der Waals surface area contributed by atoms with Gasteiger partial charge in [0, 0.05) is 5.56 Å². The summed E-state index contributed by atoms with van der Waals surface area (Å²) in [6.45, 7) is 4.10. The predicted molar refractivity (Wildman–Crippen MR) is 132 cm³/mol. The van der Waals surface area contributed by atoms with Crippen molar-refractivity contribution in [3.05, 3.63) is 99.3 Å². The molecule has 0 radical (unpaired) electrons. The number of aryl methyl sites for hydroxylation is 2. The first-order valence-electron chi connectivity index (χ1n) is 10.7. The first kappa shape index (κ1) is 22.2. The van der Waals surface area contributed by atoms with Crippen molar-refractivity contribution in [3.63, 3.8) is 0 Å². The zero-order chi connectivity index (χ0) is 23.8. The molecule has 2 aromatic carbocycles. The van der Waals surface area contributed by atoms with Gasteiger partial charge >= 0.3 is 5.88 Å². The number of benzene rings is 2. The number of alkyl halides is 1. The lowest BCUT2D eigenvalue weighted by molar-refractivity contribution is -0.402. The number of halogens is 1. The molecule has 0 bridgehead atoms. The van der Waals surface area contributed by atoms with Crippen molar-refractivity contribution in [2.75, 3.05) is 0 Å². The van der Waals surface area contributed by atoms with E-state index < -0.39 is 4.92 Å². The number of azo groups is 1. The summed E-state index contributed by atoms with van der Waals surface area (Å²) in [7, 11) is 0. The van der Waals surface area contributed by atoms with E-state index in [0.717, 1.165) is 28.1 Å². The average molecular weight is 521 g/mol. The smallest absolute Gasteiger partial charge is 0.399 e. The van der Waals surface area contributed by atoms with Crippen LogP contribution in [0.25, 0.3) is 5.70 Å². The molecular weight excluding hydrogens is 500 g/mol. The van der Waals surface area contributed by atoms with Crippen molar-refractivity contribution >= 4 is 38.9 Å². The van der Waals surface area contributed by atoms with E-state index in [1.807, 2.05) is 48.3 Å². The summed E-state index contributed by atoms with van der Waals surface area (Å²) in [6.07, 6.45) is 1.12. The molecule has 0 aliphatic carbocycles. The van der Waals surface area contributed by atoms with Crippen LogP contribution in [0.1, 0.15) is 22.5 Å². The van der Waals surface area contributed by atoms with Crippen LogP contribution in [0.4, 0.5) is 11.6 Å². The van der Waals surface area contributed by atoms with Crippen molar-refractivity contribution in [1.82, 2.24) is 10.4 Å². The normalized spacial score (nSPS) is 22.0. The molecule has 3 atom stereocenters. The zero-order valence-corrected chi connectivity index (χ0v) is 20.0. The average Bonchev–Trinajstić information content (AvgIpc) is 3.44. The number of hydrazine groups is 1. The Bertz CT molecular complexity index is 1330. The van der Waals surface area contributed by atoms with E-state index >= 15 is 0 Å². The SMILES string of the molecule is Cc1ccc(C2=CC(c3ccc([N+](=O)[O-])o3)=NC3C(Br)C(N=Nc4ccccc4)NN23)c(C)c1. The number of fused-ring (bicyclic) bond motifs is 1. The van der Waals surface area contributed by atoms with Crippen LogP contribution in [-0.4, -0.2) is 32.8 Å². The van der Waals surface area contributed by atoms with Crippen LogP contribution < -0.4 is 5.43 Å². The maximum absolute atomic E-state index is 11.1. The third-order valence-corrected chi connectivity index (χ3v) is 6.64. The van der Waals surface area contributed by atoms with Crippen LogP contribution in [0.2, 0.25) is 0 Å². The largest absolute Gasteiger partial charge is 0.433 e. The van der Waals surface area contributed by atoms with Gasteiger partial charge in [0.1, 0.15) is 10.6 Å². The molecule has 0 spiro atoms. The molecular formula is C24H21BrN6O3. The van der Waals surface area contributed by atoms with E-state index in [4.69, 9.17) is 9.41 Å². The van der Waals surface area contributed by atoms with E-state index in [1.54, 1.807) is 6.07 Å². The molecule has 5 rings (SSSR count). The molecule has 2 aliphatic heterocycles. The van der Waals surface area contributed by atoms with Gasteiger partial charge in [-0.25, -0.2) is 5.43 Å². The number of nitrogens with one attached hydrogen (secondary N) is 1. The van der Waals surface area contributed by atoms with Gasteiger partial charge in [0.05, 0.1) is 22.3 Å². The fourth-order valence-corrected chi connectivity index (χ4v) is 4.61. The van der Waals surface area contributed by atoms with Crippen LogP contribution in [0.5, 0.6) is 0 Å². The third kappa shape index (κ3) is 4.17. The number of nitro groups is 1. The fraction of sp³-hybridized carbons (Fsp3) is 0.208. The molecule has 0 amide bonds. The maximum atomic E-state index is 11.1. The van der Waals surface area contributed by atoms with Gasteiger partial charge in [-0.2, -0.15) is 10.2 Å². The summed E-state index contributed by atoms with van der Waals surface area (Å²) in [5.74, 6) is 0.0127. The zero-order valence-electron chi connectivity index (χ0n) is 18.4. The van der Waals surface area contributed by atoms with Gasteiger partial charge in [-0.1, -0.05) is 57.9 Å². The second-order valence-corrected chi connectivity index (χ2v) is 9.17. The molecule has 0 saturated carbocycles. The van der Waals surface area contributed by atoms with Gasteiger partial charge in [0.2, 0.25) is 0 Å². The Morgan fingerprint density at radius 3 is 2.65 bits per heavy atom. The molecule has 3 heterocycles. The summed E-state index contributed by atoms with van der Waals surface area (Å²) < 4.78 is 5.46. The predicted octanol–water partition coefficient (Wildman–Crippen LogP) is 5.67. The van der Waals surface area contributed by atoms with E-state index in [2.05, 4.69) is 56.7 Å². The highest BCUT2D eigenvalue weighted by Crippen LogP contribution is 2.37. The molecule has 2 aliphatic rings. The highest BCUT2D eigenvalue weighted by molar-refractivity contribution is 9.09. The Morgan fingerprint density at radius 2 is 1.94 bits per heavy atom. The van der Waals surface area contributed by atoms with E-state index in [1.165, 1.54) is 6.07 Å². The molecule has 10 heteroatoms. The molecule has 1 saturated heterocycles. The van der Waals surface area contributed by atoms with Crippen molar-refractivity contribution in [1.29, 1.82) is 0 Å². The van der Waals surface area contributed by atoms with E-state index in [-0.39, 0.29) is 23.0 Å². The number of hydrogen-bond donors (Lipinski definition) is 1. The summed E-state index contributed by atoms with van der Waals surface area (Å²) in [5.41, 5.74) is 8.83. The molecule has 3 unspecified atom stereocenters. The minimum Gasteiger partial charge on any atom is -0.399 e. The first-order valence-corrected chi connectivity index (χ1v) is 11.6. The topological polar surface area (TPSA) is 109 Å². The second kappa shape index (κ2) is 8.96. The molecule has 1 N–H and O–H groups in total. The van der Waals surface area contributed by atoms with E-state index in [9.17, 15) is 10.1 Å². The van der Waals surface area contributed by atoms with Crippen LogP contribution >= 0.6 is 15.9 Å². The Labute approximate surface area is 204 Å². The lowest BCUT2D eigenvalue weighted by Gasteiger charge is -2.31. The van der Waals surface area contributed by atoms with Gasteiger partial charge in [-0.3, -0.25) is 20.1 Å². The number of furan rings is 1. The summed E-state index contributed by atoms with van der Waals surface area (Å²) in [4.78, 5) is 15.2.